The summed E-state index contributed by atoms with van der Waals surface area (Å²) >= 11 is 2.74. The number of fused-ring (bicyclic) bond motifs is 1. The van der Waals surface area contributed by atoms with Gasteiger partial charge in [0.05, 0.1) is 23.5 Å². The van der Waals surface area contributed by atoms with E-state index in [1.165, 1.54) is 22.7 Å². The molecule has 0 spiro atoms. The summed E-state index contributed by atoms with van der Waals surface area (Å²) in [6.07, 6.45) is 2.57. The molecule has 0 atom stereocenters. The minimum Gasteiger partial charge on any atom is -0.462 e. The van der Waals surface area contributed by atoms with Crippen LogP contribution in [0.5, 0.6) is 0 Å². The molecular weight excluding hydrogens is 426 g/mol. The van der Waals surface area contributed by atoms with E-state index in [0.717, 1.165) is 34.6 Å². The van der Waals surface area contributed by atoms with Crippen LogP contribution in [-0.2, 0) is 31.9 Å². The van der Waals surface area contributed by atoms with E-state index in [9.17, 15) is 19.2 Å². The molecule has 1 amide bonds. The van der Waals surface area contributed by atoms with Crippen LogP contribution in [0, 0.1) is 6.92 Å². The van der Waals surface area contributed by atoms with Crippen molar-refractivity contribution in [3.63, 3.8) is 0 Å². The summed E-state index contributed by atoms with van der Waals surface area (Å²) in [7, 11) is 0. The summed E-state index contributed by atoms with van der Waals surface area (Å²) in [6, 6.07) is 3.59. The molecule has 0 aliphatic heterocycles. The molecule has 7 nitrogen and oxygen atoms in total. The van der Waals surface area contributed by atoms with Crippen molar-refractivity contribution in [3.05, 3.63) is 37.9 Å². The van der Waals surface area contributed by atoms with Gasteiger partial charge in [0, 0.05) is 16.2 Å². The van der Waals surface area contributed by atoms with Gasteiger partial charge in [0.1, 0.15) is 5.00 Å². The molecule has 1 aliphatic carbocycles. The number of thiophene rings is 2. The fraction of sp³-hybridized carbons (Fsp3) is 0.429. The Balaban J connectivity index is 1.50. The summed E-state index contributed by atoms with van der Waals surface area (Å²) in [6.45, 7) is 3.41. The predicted octanol–water partition coefficient (Wildman–Crippen LogP) is 3.93. The largest absolute Gasteiger partial charge is 0.462 e. The maximum atomic E-state index is 12.3. The van der Waals surface area contributed by atoms with E-state index in [-0.39, 0.29) is 25.2 Å². The first-order valence-corrected chi connectivity index (χ1v) is 11.4. The normalized spacial score (nSPS) is 12.3. The first-order valence-electron chi connectivity index (χ1n) is 9.75. The lowest BCUT2D eigenvalue weighted by molar-refractivity contribution is -0.147. The number of carbonyl (C=O) groups is 4. The molecule has 0 unspecified atom stereocenters. The molecule has 2 heterocycles. The highest BCUT2D eigenvalue weighted by molar-refractivity contribution is 7.17. The standard InChI is InChI=1S/C21H23NO6S2/c1-3-27-21(26)19-13-5-4-6-15(13)30-20(19)22-17(24)11-28-18(25)10-8-14(23)16-9-7-12(2)29-16/h7,9H,3-6,8,10-11H2,1-2H3,(H,22,24). The number of carbonyl (C=O) groups excluding carboxylic acids is 4. The number of hydrogen-bond acceptors (Lipinski definition) is 8. The SMILES string of the molecule is CCOC(=O)c1c(NC(=O)COC(=O)CCC(=O)c2ccc(C)s2)sc2c1CCC2. The van der Waals surface area contributed by atoms with Gasteiger partial charge in [-0.05, 0) is 50.8 Å². The molecule has 0 bridgehead atoms. The monoisotopic (exact) mass is 449 g/mol. The Labute approximate surface area is 182 Å². The lowest BCUT2D eigenvalue weighted by Gasteiger charge is -2.08. The zero-order valence-corrected chi connectivity index (χ0v) is 18.5. The van der Waals surface area contributed by atoms with Crippen molar-refractivity contribution in [1.29, 1.82) is 0 Å². The number of ketones is 1. The average Bonchev–Trinajstić information content (AvgIpc) is 3.40. The number of nitrogens with one attached hydrogen (secondary N) is 1. The summed E-state index contributed by atoms with van der Waals surface area (Å²) < 4.78 is 10.1. The number of hydrogen-bond donors (Lipinski definition) is 1. The third-order valence-corrected chi connectivity index (χ3v) is 6.84. The molecule has 0 saturated heterocycles. The molecule has 1 aliphatic rings. The van der Waals surface area contributed by atoms with Gasteiger partial charge < -0.3 is 14.8 Å². The maximum absolute atomic E-state index is 12.3. The average molecular weight is 450 g/mol. The van der Waals surface area contributed by atoms with Crippen molar-refractivity contribution < 1.29 is 28.7 Å². The first-order chi connectivity index (χ1) is 14.4. The number of ether oxygens (including phenoxy) is 2. The van der Waals surface area contributed by atoms with Crippen molar-refractivity contribution in [3.8, 4) is 0 Å². The Morgan fingerprint density at radius 1 is 1.07 bits per heavy atom. The van der Waals surface area contributed by atoms with E-state index in [1.54, 1.807) is 13.0 Å². The van der Waals surface area contributed by atoms with Gasteiger partial charge in [0.2, 0.25) is 0 Å². The number of Topliss-reactive ketones (excluding diaryl/α,β-unsaturated/α-hetero) is 1. The zero-order valence-electron chi connectivity index (χ0n) is 16.9. The van der Waals surface area contributed by atoms with E-state index in [4.69, 9.17) is 9.47 Å². The van der Waals surface area contributed by atoms with Crippen LogP contribution in [0.25, 0.3) is 0 Å². The number of amides is 1. The molecule has 30 heavy (non-hydrogen) atoms. The van der Waals surface area contributed by atoms with Crippen LogP contribution >= 0.6 is 22.7 Å². The second-order valence-electron chi connectivity index (χ2n) is 6.82. The molecule has 1 N–H and O–H groups in total. The Morgan fingerprint density at radius 2 is 1.87 bits per heavy atom. The van der Waals surface area contributed by atoms with E-state index in [0.29, 0.717) is 15.4 Å². The first kappa shape index (κ1) is 22.2. The third-order valence-electron chi connectivity index (χ3n) is 4.59. The quantitative estimate of drug-likeness (QED) is 0.460. The molecule has 0 radical (unpaired) electrons. The smallest absolute Gasteiger partial charge is 0.341 e. The summed E-state index contributed by atoms with van der Waals surface area (Å²) in [4.78, 5) is 51.2. The lowest BCUT2D eigenvalue weighted by Crippen LogP contribution is -2.22. The molecule has 2 aromatic heterocycles. The van der Waals surface area contributed by atoms with Crippen molar-refractivity contribution in [2.75, 3.05) is 18.5 Å². The van der Waals surface area contributed by atoms with Crippen LogP contribution in [-0.4, -0.2) is 36.8 Å². The van der Waals surface area contributed by atoms with Gasteiger partial charge in [-0.3, -0.25) is 14.4 Å². The van der Waals surface area contributed by atoms with Crippen LogP contribution in [0.2, 0.25) is 0 Å². The van der Waals surface area contributed by atoms with Crippen LogP contribution in [0.3, 0.4) is 0 Å². The van der Waals surface area contributed by atoms with Crippen molar-refractivity contribution >= 4 is 51.3 Å². The fourth-order valence-electron chi connectivity index (χ4n) is 3.22. The molecule has 0 fully saturated rings. The Bertz CT molecular complexity index is 974. The van der Waals surface area contributed by atoms with Gasteiger partial charge in [0.25, 0.3) is 5.91 Å². The maximum Gasteiger partial charge on any atom is 0.341 e. The number of rotatable bonds is 9. The van der Waals surface area contributed by atoms with Crippen LogP contribution in [0.1, 0.15) is 61.5 Å². The number of anilines is 1. The van der Waals surface area contributed by atoms with Gasteiger partial charge in [-0.2, -0.15) is 0 Å². The van der Waals surface area contributed by atoms with E-state index in [2.05, 4.69) is 5.32 Å². The number of esters is 2. The second kappa shape index (κ2) is 9.99. The molecular formula is C21H23NO6S2. The van der Waals surface area contributed by atoms with Gasteiger partial charge >= 0.3 is 11.9 Å². The number of aryl methyl sites for hydroxylation is 2. The van der Waals surface area contributed by atoms with E-state index in [1.807, 2.05) is 13.0 Å². The fourth-order valence-corrected chi connectivity index (χ4v) is 5.34. The van der Waals surface area contributed by atoms with Crippen LogP contribution < -0.4 is 5.32 Å². The Hall–Kier alpha value is -2.52. The molecule has 0 saturated carbocycles. The van der Waals surface area contributed by atoms with Gasteiger partial charge in [0.15, 0.2) is 12.4 Å². The van der Waals surface area contributed by atoms with E-state index >= 15 is 0 Å². The summed E-state index contributed by atoms with van der Waals surface area (Å²) in [5.74, 6) is -1.73. The zero-order chi connectivity index (χ0) is 21.7. The van der Waals surface area contributed by atoms with Crippen LogP contribution in [0.4, 0.5) is 5.00 Å². The second-order valence-corrected chi connectivity index (χ2v) is 9.22. The van der Waals surface area contributed by atoms with Crippen molar-refractivity contribution in [1.82, 2.24) is 0 Å². The topological polar surface area (TPSA) is 98.8 Å². The van der Waals surface area contributed by atoms with Gasteiger partial charge in [-0.1, -0.05) is 0 Å². The third kappa shape index (κ3) is 5.34. The molecule has 0 aromatic carbocycles. The minimum atomic E-state index is -0.619. The van der Waals surface area contributed by atoms with Crippen LogP contribution in [0.15, 0.2) is 12.1 Å². The van der Waals surface area contributed by atoms with E-state index < -0.39 is 24.5 Å². The highest BCUT2D eigenvalue weighted by Crippen LogP contribution is 2.39. The van der Waals surface area contributed by atoms with Gasteiger partial charge in [-0.25, -0.2) is 4.79 Å². The molecule has 160 valence electrons. The van der Waals surface area contributed by atoms with Crippen molar-refractivity contribution in [2.45, 2.75) is 46.0 Å². The summed E-state index contributed by atoms with van der Waals surface area (Å²) in [5.41, 5.74) is 1.35. The van der Waals surface area contributed by atoms with Gasteiger partial charge in [-0.15, -0.1) is 22.7 Å². The minimum absolute atomic E-state index is 0.0328. The highest BCUT2D eigenvalue weighted by Gasteiger charge is 2.28. The molecule has 2 aromatic rings. The lowest BCUT2D eigenvalue weighted by atomic mass is 10.1. The Kier molecular flexibility index (Phi) is 7.38. The Morgan fingerprint density at radius 3 is 2.57 bits per heavy atom. The van der Waals surface area contributed by atoms with Crippen molar-refractivity contribution in [2.24, 2.45) is 0 Å². The summed E-state index contributed by atoms with van der Waals surface area (Å²) in [5, 5.41) is 3.10. The molecule has 9 heteroatoms. The molecule has 3 rings (SSSR count). The predicted molar refractivity (Wildman–Crippen MR) is 115 cm³/mol. The highest BCUT2D eigenvalue weighted by atomic mass is 32.1.